The fourth-order valence-electron chi connectivity index (χ4n) is 5.26. The van der Waals surface area contributed by atoms with Crippen molar-refractivity contribution in [2.75, 3.05) is 20.8 Å². The second kappa shape index (κ2) is 11.2. The van der Waals surface area contributed by atoms with E-state index in [4.69, 9.17) is 23.7 Å². The van der Waals surface area contributed by atoms with Crippen LogP contribution in [0.3, 0.4) is 0 Å². The molecule has 41 heavy (non-hydrogen) atoms. The average Bonchev–Trinajstić information content (AvgIpc) is 3.32. The number of methoxy groups -OCH3 is 2. The van der Waals surface area contributed by atoms with Gasteiger partial charge in [0.15, 0.2) is 17.3 Å². The summed E-state index contributed by atoms with van der Waals surface area (Å²) in [5.41, 5.74) is 3.76. The molecular formula is C34H28O7. The summed E-state index contributed by atoms with van der Waals surface area (Å²) in [7, 11) is 3.22. The van der Waals surface area contributed by atoms with Gasteiger partial charge in [-0.3, -0.25) is 9.59 Å². The van der Waals surface area contributed by atoms with Crippen LogP contribution in [0.15, 0.2) is 90.7 Å². The molecule has 1 unspecified atom stereocenters. The van der Waals surface area contributed by atoms with Crippen LogP contribution in [-0.2, 0) is 11.2 Å². The molecule has 4 aromatic rings. The van der Waals surface area contributed by atoms with Crippen LogP contribution < -0.4 is 23.7 Å². The molecule has 1 atom stereocenters. The number of para-hydroxylation sites is 1. The van der Waals surface area contributed by atoms with Crippen molar-refractivity contribution in [3.8, 4) is 28.7 Å². The molecular weight excluding hydrogens is 520 g/mol. The third-order valence-electron chi connectivity index (χ3n) is 7.28. The highest BCUT2D eigenvalue weighted by molar-refractivity contribution is 6.15. The van der Waals surface area contributed by atoms with Crippen LogP contribution in [-0.4, -0.2) is 32.6 Å². The lowest BCUT2D eigenvalue weighted by Gasteiger charge is -2.28. The van der Waals surface area contributed by atoms with Crippen LogP contribution >= 0.6 is 0 Å². The maximum absolute atomic E-state index is 13.3. The van der Waals surface area contributed by atoms with Gasteiger partial charge >= 0.3 is 5.97 Å². The second-order valence-electron chi connectivity index (χ2n) is 9.76. The minimum absolute atomic E-state index is 0.0563. The summed E-state index contributed by atoms with van der Waals surface area (Å²) < 4.78 is 29.1. The van der Waals surface area contributed by atoms with Gasteiger partial charge in [0.25, 0.3) is 0 Å². The van der Waals surface area contributed by atoms with Gasteiger partial charge < -0.3 is 23.7 Å². The maximum Gasteiger partial charge on any atom is 0.312 e. The highest BCUT2D eigenvalue weighted by Crippen LogP contribution is 2.51. The summed E-state index contributed by atoms with van der Waals surface area (Å²) >= 11 is 0. The highest BCUT2D eigenvalue weighted by Gasteiger charge is 2.39. The summed E-state index contributed by atoms with van der Waals surface area (Å²) in [4.78, 5) is 26.1. The van der Waals surface area contributed by atoms with Crippen molar-refractivity contribution < 1.29 is 33.3 Å². The van der Waals surface area contributed by atoms with Gasteiger partial charge in [0.2, 0.25) is 5.78 Å². The first-order valence-electron chi connectivity index (χ1n) is 13.3. The summed E-state index contributed by atoms with van der Waals surface area (Å²) in [6.45, 7) is 0.384. The van der Waals surface area contributed by atoms with Gasteiger partial charge in [-0.05, 0) is 47.5 Å². The smallest absolute Gasteiger partial charge is 0.312 e. The van der Waals surface area contributed by atoms with E-state index in [9.17, 15) is 9.59 Å². The first-order chi connectivity index (χ1) is 20.1. The SMILES string of the molecule is COc1ccc(CCOc2c(OC)cccc2C2CC(=O)Oc3ccc4c(c32)O/C(=C\c2ccccc2)C4=O)cc1. The minimum Gasteiger partial charge on any atom is -0.497 e. The predicted octanol–water partition coefficient (Wildman–Crippen LogP) is 6.38. The van der Waals surface area contributed by atoms with Crippen LogP contribution in [0, 0.1) is 0 Å². The van der Waals surface area contributed by atoms with E-state index in [1.807, 2.05) is 72.8 Å². The highest BCUT2D eigenvalue weighted by atomic mass is 16.5. The Kier molecular flexibility index (Phi) is 7.17. The van der Waals surface area contributed by atoms with Gasteiger partial charge in [0, 0.05) is 23.5 Å². The Bertz CT molecular complexity index is 1640. The molecule has 0 fully saturated rings. The van der Waals surface area contributed by atoms with Crippen molar-refractivity contribution in [2.45, 2.75) is 18.8 Å². The summed E-state index contributed by atoms with van der Waals surface area (Å²) in [5.74, 6) is 1.79. The molecule has 0 aromatic heterocycles. The number of Topliss-reactive ketones (excluding diaryl/α,β-unsaturated/α-hetero) is 1. The number of hydrogen-bond donors (Lipinski definition) is 0. The van der Waals surface area contributed by atoms with Gasteiger partial charge in [0.1, 0.15) is 17.2 Å². The lowest BCUT2D eigenvalue weighted by atomic mass is 9.84. The number of esters is 1. The predicted molar refractivity (Wildman–Crippen MR) is 153 cm³/mol. The topological polar surface area (TPSA) is 80.3 Å². The Labute approximate surface area is 237 Å². The van der Waals surface area contributed by atoms with Gasteiger partial charge in [-0.2, -0.15) is 0 Å². The molecule has 206 valence electrons. The molecule has 0 bridgehead atoms. The first-order valence-corrected chi connectivity index (χ1v) is 13.3. The lowest BCUT2D eigenvalue weighted by molar-refractivity contribution is -0.135. The molecule has 0 N–H and O–H groups in total. The van der Waals surface area contributed by atoms with E-state index in [-0.39, 0.29) is 23.9 Å². The van der Waals surface area contributed by atoms with Crippen molar-refractivity contribution in [3.05, 3.63) is 119 Å². The number of benzene rings is 4. The normalized spacial score (nSPS) is 16.4. The standard InChI is InChI=1S/C34H28O7/c1-37-23-13-11-21(12-14-23)17-18-39-33-24(9-6-10-28(33)38-2)26-20-30(35)40-27-16-15-25-32(36)29(41-34(25)31(26)27)19-22-7-4-3-5-8-22/h3-16,19,26H,17-18,20H2,1-2H3/b29-19-. The van der Waals surface area contributed by atoms with Gasteiger partial charge in [-0.1, -0.05) is 54.6 Å². The van der Waals surface area contributed by atoms with Crippen LogP contribution in [0.5, 0.6) is 28.7 Å². The van der Waals surface area contributed by atoms with E-state index in [0.717, 1.165) is 22.4 Å². The fraction of sp³-hybridized carbons (Fsp3) is 0.176. The zero-order valence-corrected chi connectivity index (χ0v) is 22.7. The molecule has 2 aliphatic heterocycles. The van der Waals surface area contributed by atoms with Crippen LogP contribution in [0.25, 0.3) is 6.08 Å². The van der Waals surface area contributed by atoms with Gasteiger partial charge in [0.05, 0.1) is 32.8 Å². The molecule has 0 aliphatic carbocycles. The van der Waals surface area contributed by atoms with E-state index in [1.165, 1.54) is 0 Å². The zero-order valence-electron chi connectivity index (χ0n) is 22.7. The van der Waals surface area contributed by atoms with Crippen molar-refractivity contribution in [3.63, 3.8) is 0 Å². The van der Waals surface area contributed by atoms with Crippen LogP contribution in [0.2, 0.25) is 0 Å². The van der Waals surface area contributed by atoms with Crippen LogP contribution in [0.4, 0.5) is 0 Å². The minimum atomic E-state index is -0.476. The van der Waals surface area contributed by atoms with E-state index in [1.54, 1.807) is 32.4 Å². The number of ketones is 1. The summed E-state index contributed by atoms with van der Waals surface area (Å²) in [5, 5.41) is 0. The Morgan fingerprint density at radius 3 is 2.41 bits per heavy atom. The third kappa shape index (κ3) is 5.14. The molecule has 0 amide bonds. The van der Waals surface area contributed by atoms with E-state index >= 15 is 0 Å². The summed E-state index contributed by atoms with van der Waals surface area (Å²) in [6, 6.07) is 26.2. The number of carbonyl (C=O) groups is 2. The molecule has 2 heterocycles. The number of hydrogen-bond acceptors (Lipinski definition) is 7. The second-order valence-corrected chi connectivity index (χ2v) is 9.76. The zero-order chi connectivity index (χ0) is 28.3. The Balaban J connectivity index is 1.36. The molecule has 4 aromatic carbocycles. The molecule has 0 saturated carbocycles. The Hall–Kier alpha value is -5.04. The Morgan fingerprint density at radius 2 is 1.66 bits per heavy atom. The molecule has 7 heteroatoms. The number of ether oxygens (including phenoxy) is 5. The monoisotopic (exact) mass is 548 g/mol. The van der Waals surface area contributed by atoms with Crippen molar-refractivity contribution in [2.24, 2.45) is 0 Å². The van der Waals surface area contributed by atoms with Gasteiger partial charge in [-0.15, -0.1) is 0 Å². The van der Waals surface area contributed by atoms with Gasteiger partial charge in [-0.25, -0.2) is 0 Å². The van der Waals surface area contributed by atoms with Crippen LogP contribution in [0.1, 0.15) is 45.0 Å². The van der Waals surface area contributed by atoms with Crippen molar-refractivity contribution in [1.29, 1.82) is 0 Å². The van der Waals surface area contributed by atoms with Crippen molar-refractivity contribution >= 4 is 17.8 Å². The lowest BCUT2D eigenvalue weighted by Crippen LogP contribution is -2.22. The largest absolute Gasteiger partial charge is 0.497 e. The average molecular weight is 549 g/mol. The fourth-order valence-corrected chi connectivity index (χ4v) is 5.26. The maximum atomic E-state index is 13.3. The summed E-state index contributed by atoms with van der Waals surface area (Å²) in [6.07, 6.45) is 2.43. The quantitative estimate of drug-likeness (QED) is 0.144. The third-order valence-corrected chi connectivity index (χ3v) is 7.28. The first kappa shape index (κ1) is 26.2. The Morgan fingerprint density at radius 1 is 0.854 bits per heavy atom. The number of carbonyl (C=O) groups excluding carboxylic acids is 2. The molecule has 2 aliphatic rings. The molecule has 6 rings (SSSR count). The van der Waals surface area contributed by atoms with E-state index in [2.05, 4.69) is 0 Å². The number of fused-ring (bicyclic) bond motifs is 3. The van der Waals surface area contributed by atoms with E-state index < -0.39 is 5.92 Å². The molecule has 0 saturated heterocycles. The van der Waals surface area contributed by atoms with E-state index in [0.29, 0.717) is 47.2 Å². The number of allylic oxidation sites excluding steroid dienone is 1. The van der Waals surface area contributed by atoms with Crippen molar-refractivity contribution in [1.82, 2.24) is 0 Å². The molecule has 0 radical (unpaired) electrons. The molecule has 7 nitrogen and oxygen atoms in total. The number of rotatable bonds is 8. The molecule has 0 spiro atoms.